The molecule has 0 unspecified atom stereocenters. The SMILES string of the molecule is COc1ccc(CCc2cc(CN[S@](=O)C(C)(C)C)nc(C(F)(F)F)c2)cc1. The molecule has 0 radical (unpaired) electrons. The van der Waals surface area contributed by atoms with Crippen LogP contribution in [0.4, 0.5) is 13.2 Å². The summed E-state index contributed by atoms with van der Waals surface area (Å²) in [5.74, 6) is 0.729. The normalized spacial score (nSPS) is 13.4. The van der Waals surface area contributed by atoms with Gasteiger partial charge in [-0.05, 0) is 69.0 Å². The minimum Gasteiger partial charge on any atom is -0.497 e. The fourth-order valence-corrected chi connectivity index (χ4v) is 3.18. The van der Waals surface area contributed by atoms with E-state index in [1.807, 2.05) is 24.3 Å². The summed E-state index contributed by atoms with van der Waals surface area (Å²) in [6, 6.07) is 10.1. The van der Waals surface area contributed by atoms with Crippen molar-refractivity contribution in [1.82, 2.24) is 9.71 Å². The summed E-state index contributed by atoms with van der Waals surface area (Å²) in [6.45, 7) is 5.37. The van der Waals surface area contributed by atoms with Crippen molar-refractivity contribution >= 4 is 11.0 Å². The Labute approximate surface area is 166 Å². The second-order valence-electron chi connectivity index (χ2n) is 7.40. The Morgan fingerprint density at radius 1 is 1.04 bits per heavy atom. The highest BCUT2D eigenvalue weighted by Crippen LogP contribution is 2.29. The lowest BCUT2D eigenvalue weighted by molar-refractivity contribution is -0.141. The molecule has 8 heteroatoms. The molecule has 2 rings (SSSR count). The van der Waals surface area contributed by atoms with Gasteiger partial charge in [0.05, 0.1) is 35.1 Å². The number of methoxy groups -OCH3 is 1. The quantitative estimate of drug-likeness (QED) is 0.729. The molecule has 0 saturated carbocycles. The molecule has 1 aromatic carbocycles. The fraction of sp³-hybridized carbons (Fsp3) is 0.450. The molecule has 0 amide bonds. The third-order valence-corrected chi connectivity index (χ3v) is 5.55. The van der Waals surface area contributed by atoms with E-state index < -0.39 is 27.6 Å². The van der Waals surface area contributed by atoms with Crippen molar-refractivity contribution in [3.63, 3.8) is 0 Å². The maximum atomic E-state index is 13.2. The largest absolute Gasteiger partial charge is 0.497 e. The van der Waals surface area contributed by atoms with Crippen molar-refractivity contribution in [2.24, 2.45) is 0 Å². The number of ether oxygens (including phenoxy) is 1. The van der Waals surface area contributed by atoms with Crippen molar-refractivity contribution < 1.29 is 22.1 Å². The molecule has 0 saturated heterocycles. The number of nitrogens with zero attached hydrogens (tertiary/aromatic N) is 1. The van der Waals surface area contributed by atoms with Crippen LogP contribution < -0.4 is 9.46 Å². The van der Waals surface area contributed by atoms with Crippen LogP contribution in [0.3, 0.4) is 0 Å². The highest BCUT2D eigenvalue weighted by molar-refractivity contribution is 7.84. The molecule has 0 spiro atoms. The Balaban J connectivity index is 2.16. The highest BCUT2D eigenvalue weighted by Gasteiger charge is 2.33. The van der Waals surface area contributed by atoms with Gasteiger partial charge in [-0.3, -0.25) is 0 Å². The summed E-state index contributed by atoms with van der Waals surface area (Å²) >= 11 is 0. The fourth-order valence-electron chi connectivity index (χ4n) is 2.47. The van der Waals surface area contributed by atoms with Gasteiger partial charge in [-0.15, -0.1) is 0 Å². The maximum Gasteiger partial charge on any atom is 0.433 e. The summed E-state index contributed by atoms with van der Waals surface area (Å²) in [6.07, 6.45) is -3.51. The molecular formula is C20H25F3N2O2S. The maximum absolute atomic E-state index is 13.2. The predicted molar refractivity (Wildman–Crippen MR) is 104 cm³/mol. The third kappa shape index (κ3) is 6.60. The summed E-state index contributed by atoms with van der Waals surface area (Å²) in [4.78, 5) is 3.70. The Hall–Kier alpha value is -1.93. The van der Waals surface area contributed by atoms with E-state index in [4.69, 9.17) is 4.74 Å². The van der Waals surface area contributed by atoms with Gasteiger partial charge in [-0.1, -0.05) is 12.1 Å². The molecule has 2 aromatic rings. The molecule has 1 atom stereocenters. The molecular weight excluding hydrogens is 389 g/mol. The third-order valence-electron chi connectivity index (χ3n) is 4.03. The number of hydrogen-bond donors (Lipinski definition) is 1. The van der Waals surface area contributed by atoms with Crippen molar-refractivity contribution in [2.75, 3.05) is 7.11 Å². The van der Waals surface area contributed by atoms with E-state index in [1.54, 1.807) is 33.9 Å². The first kappa shape index (κ1) is 22.4. The van der Waals surface area contributed by atoms with E-state index in [0.29, 0.717) is 18.4 Å². The number of nitrogens with one attached hydrogen (secondary N) is 1. The molecule has 1 N–H and O–H groups in total. The van der Waals surface area contributed by atoms with E-state index >= 15 is 0 Å². The molecule has 0 aliphatic heterocycles. The van der Waals surface area contributed by atoms with E-state index in [-0.39, 0.29) is 12.2 Å². The molecule has 0 aliphatic rings. The Kier molecular flexibility index (Phi) is 7.22. The van der Waals surface area contributed by atoms with Crippen LogP contribution in [0.5, 0.6) is 5.75 Å². The van der Waals surface area contributed by atoms with Crippen molar-refractivity contribution in [1.29, 1.82) is 0 Å². The van der Waals surface area contributed by atoms with Crippen molar-refractivity contribution in [2.45, 2.75) is 51.1 Å². The van der Waals surface area contributed by atoms with Gasteiger partial charge < -0.3 is 4.74 Å². The molecule has 154 valence electrons. The molecule has 4 nitrogen and oxygen atoms in total. The minimum atomic E-state index is -4.53. The van der Waals surface area contributed by atoms with Gasteiger partial charge >= 0.3 is 6.18 Å². The summed E-state index contributed by atoms with van der Waals surface area (Å²) in [7, 11) is 0.184. The molecule has 1 aromatic heterocycles. The monoisotopic (exact) mass is 414 g/mol. The molecule has 0 fully saturated rings. The average Bonchev–Trinajstić information content (AvgIpc) is 2.63. The average molecular weight is 414 g/mol. The first-order valence-corrected chi connectivity index (χ1v) is 9.99. The van der Waals surface area contributed by atoms with E-state index in [1.165, 1.54) is 0 Å². The Bertz CT molecular complexity index is 816. The number of pyridine rings is 1. The first-order valence-electron chi connectivity index (χ1n) is 8.84. The van der Waals surface area contributed by atoms with Crippen LogP contribution in [0, 0.1) is 0 Å². The number of halogens is 3. The van der Waals surface area contributed by atoms with Gasteiger partial charge in [0.1, 0.15) is 11.4 Å². The minimum absolute atomic E-state index is 0.00331. The number of aryl methyl sites for hydroxylation is 2. The van der Waals surface area contributed by atoms with Gasteiger partial charge in [-0.2, -0.15) is 13.2 Å². The van der Waals surface area contributed by atoms with Crippen LogP contribution >= 0.6 is 0 Å². The molecule has 0 aliphatic carbocycles. The zero-order valence-electron chi connectivity index (χ0n) is 16.4. The van der Waals surface area contributed by atoms with E-state index in [0.717, 1.165) is 17.4 Å². The predicted octanol–water partition coefficient (Wildman–Crippen LogP) is 4.45. The lowest BCUT2D eigenvalue weighted by atomic mass is 10.0. The zero-order chi connectivity index (χ0) is 20.9. The zero-order valence-corrected chi connectivity index (χ0v) is 17.2. The van der Waals surface area contributed by atoms with E-state index in [2.05, 4.69) is 9.71 Å². The van der Waals surface area contributed by atoms with E-state index in [9.17, 15) is 17.4 Å². The van der Waals surface area contributed by atoms with Crippen LogP contribution in [0.15, 0.2) is 36.4 Å². The molecule has 1 heterocycles. The topological polar surface area (TPSA) is 51.2 Å². The van der Waals surface area contributed by atoms with Crippen molar-refractivity contribution in [3.05, 3.63) is 58.9 Å². The van der Waals surface area contributed by atoms with Crippen LogP contribution in [0.25, 0.3) is 0 Å². The summed E-state index contributed by atoms with van der Waals surface area (Å²) in [5.41, 5.74) is 0.825. The van der Waals surface area contributed by atoms with Crippen LogP contribution in [-0.2, 0) is 36.5 Å². The van der Waals surface area contributed by atoms with Crippen LogP contribution in [0.1, 0.15) is 43.3 Å². The highest BCUT2D eigenvalue weighted by atomic mass is 32.2. The van der Waals surface area contributed by atoms with Gasteiger partial charge in [-0.25, -0.2) is 13.9 Å². The summed E-state index contributed by atoms with van der Waals surface area (Å²) in [5, 5.41) is 0. The Morgan fingerprint density at radius 2 is 1.64 bits per heavy atom. The summed E-state index contributed by atoms with van der Waals surface area (Å²) < 4.78 is 59.1. The van der Waals surface area contributed by atoms with Gasteiger partial charge in [0.15, 0.2) is 0 Å². The standard InChI is InChI=1S/C20H25F3N2O2S/c1-19(2,3)28(26)24-13-16-11-15(12-18(25-16)20(21,22)23)6-5-14-7-9-17(27-4)10-8-14/h7-12,24H,5-6,13H2,1-4H3/t28-/m1/s1. The second kappa shape index (κ2) is 9.05. The number of alkyl halides is 3. The number of rotatable bonds is 7. The van der Waals surface area contributed by atoms with Crippen LogP contribution in [0.2, 0.25) is 0 Å². The lowest BCUT2D eigenvalue weighted by Gasteiger charge is -2.18. The van der Waals surface area contributed by atoms with Gasteiger partial charge in [0.25, 0.3) is 0 Å². The smallest absolute Gasteiger partial charge is 0.433 e. The molecule has 28 heavy (non-hydrogen) atoms. The number of aromatic nitrogens is 1. The Morgan fingerprint density at radius 3 is 2.18 bits per heavy atom. The first-order chi connectivity index (χ1) is 13.0. The lowest BCUT2D eigenvalue weighted by Crippen LogP contribution is -2.33. The van der Waals surface area contributed by atoms with Crippen LogP contribution in [-0.4, -0.2) is 21.0 Å². The number of hydrogen-bond acceptors (Lipinski definition) is 3. The second-order valence-corrected chi connectivity index (χ2v) is 9.45. The van der Waals surface area contributed by atoms with Gasteiger partial charge in [0.2, 0.25) is 0 Å². The van der Waals surface area contributed by atoms with Gasteiger partial charge in [0, 0.05) is 0 Å². The molecule has 0 bridgehead atoms. The van der Waals surface area contributed by atoms with Crippen molar-refractivity contribution in [3.8, 4) is 5.75 Å². The number of benzene rings is 1.